The first-order valence-corrected chi connectivity index (χ1v) is 10.6. The number of quaternary nitrogens is 2. The minimum absolute atomic E-state index is 0.219. The van der Waals surface area contributed by atoms with Crippen molar-refractivity contribution in [2.24, 2.45) is 0 Å². The molecule has 1 saturated heterocycles. The van der Waals surface area contributed by atoms with E-state index in [1.807, 2.05) is 55.5 Å². The van der Waals surface area contributed by atoms with E-state index in [1.54, 1.807) is 0 Å². The summed E-state index contributed by atoms with van der Waals surface area (Å²) in [5.74, 6) is -0.219. The number of rotatable bonds is 7. The highest BCUT2D eigenvalue weighted by Gasteiger charge is 2.31. The van der Waals surface area contributed by atoms with Gasteiger partial charge in [-0.05, 0) is 24.1 Å². The lowest BCUT2D eigenvalue weighted by Gasteiger charge is -2.32. The summed E-state index contributed by atoms with van der Waals surface area (Å²) in [6.45, 7) is 7.18. The molecule has 158 valence electrons. The van der Waals surface area contributed by atoms with E-state index >= 15 is 0 Å². The second-order valence-electron chi connectivity index (χ2n) is 7.80. The molecule has 0 aromatic heterocycles. The van der Waals surface area contributed by atoms with Crippen molar-refractivity contribution in [2.45, 2.75) is 19.5 Å². The molecule has 1 aliphatic rings. The summed E-state index contributed by atoms with van der Waals surface area (Å²) in [6.07, 6.45) is 4.39. The van der Waals surface area contributed by atoms with Crippen LogP contribution in [0, 0.1) is 0 Å². The van der Waals surface area contributed by atoms with Crippen LogP contribution in [0.3, 0.4) is 0 Å². The molecule has 0 radical (unpaired) electrons. The van der Waals surface area contributed by atoms with Crippen LogP contribution in [0.2, 0.25) is 0 Å². The molecular weight excluding hydrogens is 376 g/mol. The molecule has 30 heavy (non-hydrogen) atoms. The Hall–Kier alpha value is -2.96. The Bertz CT molecular complexity index is 831. The molecule has 2 aromatic rings. The van der Waals surface area contributed by atoms with E-state index < -0.39 is 6.03 Å². The molecule has 2 aromatic carbocycles. The maximum atomic E-state index is 12.5. The summed E-state index contributed by atoms with van der Waals surface area (Å²) in [7, 11) is 0. The predicted octanol–water partition coefficient (Wildman–Crippen LogP) is -0.102. The van der Waals surface area contributed by atoms with Gasteiger partial charge in [-0.25, -0.2) is 4.79 Å². The smallest absolute Gasteiger partial charge is 0.321 e. The molecule has 1 fully saturated rings. The van der Waals surface area contributed by atoms with Crippen LogP contribution in [0.15, 0.2) is 66.7 Å². The van der Waals surface area contributed by atoms with Crippen LogP contribution in [-0.4, -0.2) is 50.7 Å². The molecule has 0 saturated carbocycles. The fraction of sp³-hybridized carbons (Fsp3) is 0.333. The van der Waals surface area contributed by atoms with Crippen LogP contribution in [0.5, 0.6) is 0 Å². The molecule has 1 aliphatic heterocycles. The van der Waals surface area contributed by atoms with Crippen LogP contribution >= 0.6 is 0 Å². The number of piperazine rings is 1. The van der Waals surface area contributed by atoms with Crippen LogP contribution in [0.4, 0.5) is 4.79 Å². The molecule has 1 heterocycles. The first-order chi connectivity index (χ1) is 14.6. The van der Waals surface area contributed by atoms with E-state index in [0.29, 0.717) is 6.54 Å². The highest BCUT2D eigenvalue weighted by molar-refractivity contribution is 5.96. The van der Waals surface area contributed by atoms with Gasteiger partial charge in [-0.1, -0.05) is 66.7 Å². The van der Waals surface area contributed by atoms with Gasteiger partial charge in [0.1, 0.15) is 26.2 Å². The van der Waals surface area contributed by atoms with Crippen LogP contribution in [0.1, 0.15) is 18.1 Å². The second kappa shape index (κ2) is 11.3. The summed E-state index contributed by atoms with van der Waals surface area (Å²) in [4.78, 5) is 27.3. The fourth-order valence-corrected chi connectivity index (χ4v) is 3.72. The molecule has 3 rings (SSSR count). The molecule has 0 aliphatic carbocycles. The Balaban J connectivity index is 1.36. The number of nitrogens with one attached hydrogen (secondary N) is 4. The summed E-state index contributed by atoms with van der Waals surface area (Å²) >= 11 is 0. The number of carbonyl (C=O) groups excluding carboxylic acids is 2. The highest BCUT2D eigenvalue weighted by atomic mass is 16.2. The topological polar surface area (TPSA) is 67.1 Å². The van der Waals surface area contributed by atoms with Crippen molar-refractivity contribution >= 4 is 18.0 Å². The normalized spacial score (nSPS) is 19.9. The second-order valence-corrected chi connectivity index (χ2v) is 7.80. The van der Waals surface area contributed by atoms with Gasteiger partial charge < -0.3 is 15.1 Å². The fourth-order valence-electron chi connectivity index (χ4n) is 3.72. The van der Waals surface area contributed by atoms with Gasteiger partial charge >= 0.3 is 6.03 Å². The number of imide groups is 1. The average molecular weight is 409 g/mol. The van der Waals surface area contributed by atoms with Gasteiger partial charge in [0.2, 0.25) is 0 Å². The van der Waals surface area contributed by atoms with Gasteiger partial charge in [0.25, 0.3) is 5.91 Å². The number of hydrogen-bond donors (Lipinski definition) is 4. The van der Waals surface area contributed by atoms with Crippen LogP contribution < -0.4 is 20.4 Å². The van der Waals surface area contributed by atoms with Gasteiger partial charge in [-0.2, -0.15) is 0 Å². The largest absolute Gasteiger partial charge is 0.334 e. The van der Waals surface area contributed by atoms with Crippen molar-refractivity contribution in [3.63, 3.8) is 0 Å². The zero-order valence-corrected chi connectivity index (χ0v) is 17.6. The molecule has 0 unspecified atom stereocenters. The van der Waals surface area contributed by atoms with Gasteiger partial charge in [-0.15, -0.1) is 0 Å². The number of benzene rings is 2. The summed E-state index contributed by atoms with van der Waals surface area (Å²) in [5.41, 5.74) is 2.22. The standard InChI is InChI=1S/C24H30N4O2/c1-20(23(29)26-24(30)25-19-22-11-6-3-7-12-22)28-17-15-27(16-18-28)14-8-13-21-9-4-2-5-10-21/h2-13,20H,14-19H2,1H3,(H2,25,26,29,30)/p+2/b13-8+/t20-/m1/s1. The Morgan fingerprint density at radius 2 is 1.60 bits per heavy atom. The SMILES string of the molecule is C[C@H](C(=O)NC(=O)NCc1ccccc1)[NH+]1CC[NH+](C/C=C/c2ccccc2)CC1. The van der Waals surface area contributed by atoms with E-state index in [0.717, 1.165) is 38.3 Å². The number of hydrogen-bond acceptors (Lipinski definition) is 2. The Morgan fingerprint density at radius 3 is 2.27 bits per heavy atom. The minimum atomic E-state index is -0.439. The van der Waals surface area contributed by atoms with Crippen LogP contribution in [0.25, 0.3) is 6.08 Å². The third kappa shape index (κ3) is 6.83. The Morgan fingerprint density at radius 1 is 0.967 bits per heavy atom. The van der Waals surface area contributed by atoms with E-state index in [9.17, 15) is 9.59 Å². The Labute approximate surface area is 178 Å². The van der Waals surface area contributed by atoms with Gasteiger partial charge in [0.05, 0.1) is 6.54 Å². The predicted molar refractivity (Wildman–Crippen MR) is 118 cm³/mol. The third-order valence-corrected chi connectivity index (χ3v) is 5.65. The first-order valence-electron chi connectivity index (χ1n) is 10.6. The maximum Gasteiger partial charge on any atom is 0.321 e. The lowest BCUT2D eigenvalue weighted by atomic mass is 10.2. The summed E-state index contributed by atoms with van der Waals surface area (Å²) < 4.78 is 0. The first kappa shape index (κ1) is 21.7. The minimum Gasteiger partial charge on any atom is -0.334 e. The number of urea groups is 1. The van der Waals surface area contributed by atoms with Gasteiger partial charge in [0.15, 0.2) is 6.04 Å². The van der Waals surface area contributed by atoms with E-state index in [4.69, 9.17) is 0 Å². The zero-order valence-electron chi connectivity index (χ0n) is 17.6. The zero-order chi connectivity index (χ0) is 21.2. The molecule has 6 nitrogen and oxygen atoms in total. The van der Waals surface area contributed by atoms with E-state index in [1.165, 1.54) is 15.4 Å². The van der Waals surface area contributed by atoms with Crippen molar-refractivity contribution in [2.75, 3.05) is 32.7 Å². The Kier molecular flexibility index (Phi) is 8.18. The quantitative estimate of drug-likeness (QED) is 0.517. The molecule has 0 spiro atoms. The molecule has 1 atom stereocenters. The van der Waals surface area contributed by atoms with Crippen molar-refractivity contribution in [3.05, 3.63) is 77.9 Å². The average Bonchev–Trinajstić information content (AvgIpc) is 2.79. The molecule has 6 heteroatoms. The van der Waals surface area contributed by atoms with Gasteiger partial charge in [-0.3, -0.25) is 10.1 Å². The third-order valence-electron chi connectivity index (χ3n) is 5.65. The van der Waals surface area contributed by atoms with Gasteiger partial charge in [0, 0.05) is 6.54 Å². The van der Waals surface area contributed by atoms with Crippen molar-refractivity contribution in [1.82, 2.24) is 10.6 Å². The van der Waals surface area contributed by atoms with E-state index in [2.05, 4.69) is 34.9 Å². The van der Waals surface area contributed by atoms with Crippen molar-refractivity contribution in [3.8, 4) is 0 Å². The van der Waals surface area contributed by atoms with Crippen LogP contribution in [-0.2, 0) is 11.3 Å². The maximum absolute atomic E-state index is 12.5. The van der Waals surface area contributed by atoms with Crippen molar-refractivity contribution < 1.29 is 19.4 Å². The summed E-state index contributed by atoms with van der Waals surface area (Å²) in [6, 6.07) is 19.3. The molecular formula is C24H32N4O2+2. The van der Waals surface area contributed by atoms with E-state index in [-0.39, 0.29) is 11.9 Å². The lowest BCUT2D eigenvalue weighted by molar-refractivity contribution is -1.02. The monoisotopic (exact) mass is 408 g/mol. The number of amides is 3. The molecule has 0 bridgehead atoms. The molecule has 4 N–H and O–H groups in total. The summed E-state index contributed by atoms with van der Waals surface area (Å²) in [5, 5.41) is 5.22. The molecule has 3 amide bonds. The highest BCUT2D eigenvalue weighted by Crippen LogP contribution is 1.99. The van der Waals surface area contributed by atoms with Crippen molar-refractivity contribution in [1.29, 1.82) is 0 Å². The number of carbonyl (C=O) groups is 2. The lowest BCUT2D eigenvalue weighted by Crippen LogP contribution is -3.30.